The summed E-state index contributed by atoms with van der Waals surface area (Å²) in [5.74, 6) is -0.0839. The lowest BCUT2D eigenvalue weighted by atomic mass is 10.1. The van der Waals surface area contributed by atoms with Crippen LogP contribution in [-0.2, 0) is 0 Å². The van der Waals surface area contributed by atoms with E-state index in [-0.39, 0.29) is 5.96 Å². The third-order valence-electron chi connectivity index (χ3n) is 2.22. The van der Waals surface area contributed by atoms with Crippen molar-refractivity contribution in [2.24, 2.45) is 21.7 Å². The molecular formula is C13H13N5. The molecule has 0 saturated heterocycles. The van der Waals surface area contributed by atoms with E-state index in [1.165, 1.54) is 0 Å². The predicted octanol–water partition coefficient (Wildman–Crippen LogP) is 1.11. The van der Waals surface area contributed by atoms with Crippen LogP contribution in [0.5, 0.6) is 0 Å². The van der Waals surface area contributed by atoms with E-state index >= 15 is 0 Å². The highest BCUT2D eigenvalue weighted by Crippen LogP contribution is 2.08. The van der Waals surface area contributed by atoms with Crippen LogP contribution in [-0.4, -0.2) is 16.7 Å². The van der Waals surface area contributed by atoms with Crippen LogP contribution in [0.1, 0.15) is 11.3 Å². The molecule has 0 saturated carbocycles. The van der Waals surface area contributed by atoms with Crippen LogP contribution in [0.15, 0.2) is 64.9 Å². The average Bonchev–Trinajstić information content (AvgIpc) is 2.41. The normalized spacial score (nSPS) is 11.0. The van der Waals surface area contributed by atoms with Gasteiger partial charge in [0, 0.05) is 11.8 Å². The fourth-order valence-electron chi connectivity index (χ4n) is 1.46. The zero-order valence-corrected chi connectivity index (χ0v) is 9.69. The van der Waals surface area contributed by atoms with Crippen molar-refractivity contribution in [1.82, 2.24) is 4.98 Å². The second kappa shape index (κ2) is 5.58. The molecule has 5 nitrogen and oxygen atoms in total. The first-order valence-electron chi connectivity index (χ1n) is 5.41. The number of hydrogen-bond donors (Lipinski definition) is 2. The molecule has 5 heteroatoms. The van der Waals surface area contributed by atoms with Crippen molar-refractivity contribution in [2.45, 2.75) is 0 Å². The summed E-state index contributed by atoms with van der Waals surface area (Å²) in [6.45, 7) is 0. The van der Waals surface area contributed by atoms with Crippen LogP contribution in [0.2, 0.25) is 0 Å². The number of nitrogens with zero attached hydrogens (tertiary/aromatic N) is 3. The van der Waals surface area contributed by atoms with E-state index in [0.717, 1.165) is 5.56 Å². The summed E-state index contributed by atoms with van der Waals surface area (Å²) >= 11 is 0. The van der Waals surface area contributed by atoms with Crippen molar-refractivity contribution in [3.63, 3.8) is 0 Å². The average molecular weight is 239 g/mol. The van der Waals surface area contributed by atoms with Crippen LogP contribution < -0.4 is 11.5 Å². The Morgan fingerprint density at radius 1 is 0.889 bits per heavy atom. The minimum absolute atomic E-state index is 0.0839. The Morgan fingerprint density at radius 3 is 2.22 bits per heavy atom. The number of guanidine groups is 1. The van der Waals surface area contributed by atoms with E-state index < -0.39 is 0 Å². The van der Waals surface area contributed by atoms with Gasteiger partial charge in [-0.1, -0.05) is 36.4 Å². The van der Waals surface area contributed by atoms with Crippen LogP contribution in [0, 0.1) is 0 Å². The van der Waals surface area contributed by atoms with Gasteiger partial charge in [0.05, 0.1) is 5.69 Å². The zero-order valence-electron chi connectivity index (χ0n) is 9.69. The number of hydrogen-bond acceptors (Lipinski definition) is 3. The van der Waals surface area contributed by atoms with E-state index in [2.05, 4.69) is 15.2 Å². The molecule has 0 aliphatic carbocycles. The van der Waals surface area contributed by atoms with Crippen LogP contribution in [0.4, 0.5) is 0 Å². The fraction of sp³-hybridized carbons (Fsp3) is 0. The van der Waals surface area contributed by atoms with Crippen molar-refractivity contribution in [1.29, 1.82) is 0 Å². The van der Waals surface area contributed by atoms with E-state index in [4.69, 9.17) is 11.5 Å². The van der Waals surface area contributed by atoms with Gasteiger partial charge in [0.2, 0.25) is 5.96 Å². The van der Waals surface area contributed by atoms with Crippen LogP contribution >= 0.6 is 0 Å². The molecule has 0 aliphatic rings. The standard InChI is InChI=1S/C13H13N5/c14-13(15)18-17-12(10-6-2-1-3-7-10)11-8-4-5-9-16-11/h1-9H,(H4,14,15,18)/b17-12+. The van der Waals surface area contributed by atoms with Crippen LogP contribution in [0.3, 0.4) is 0 Å². The first-order chi connectivity index (χ1) is 8.77. The highest BCUT2D eigenvalue weighted by Gasteiger charge is 2.07. The van der Waals surface area contributed by atoms with Gasteiger partial charge in [0.15, 0.2) is 0 Å². The van der Waals surface area contributed by atoms with Crippen molar-refractivity contribution < 1.29 is 0 Å². The van der Waals surface area contributed by atoms with Crippen LogP contribution in [0.25, 0.3) is 0 Å². The van der Waals surface area contributed by atoms with Gasteiger partial charge in [-0.05, 0) is 12.1 Å². The Kier molecular flexibility index (Phi) is 3.66. The molecule has 1 heterocycles. The molecule has 0 spiro atoms. The van der Waals surface area contributed by atoms with Crippen molar-refractivity contribution in [3.8, 4) is 0 Å². The maximum absolute atomic E-state index is 5.30. The summed E-state index contributed by atoms with van der Waals surface area (Å²) in [5, 5.41) is 7.75. The quantitative estimate of drug-likeness (QED) is 0.477. The summed E-state index contributed by atoms with van der Waals surface area (Å²) in [6.07, 6.45) is 1.70. The van der Waals surface area contributed by atoms with Crippen molar-refractivity contribution in [2.75, 3.05) is 0 Å². The predicted molar refractivity (Wildman–Crippen MR) is 72.1 cm³/mol. The molecule has 0 radical (unpaired) electrons. The molecule has 1 aromatic carbocycles. The third-order valence-corrected chi connectivity index (χ3v) is 2.22. The summed E-state index contributed by atoms with van der Waals surface area (Å²) < 4.78 is 0. The maximum atomic E-state index is 5.30. The highest BCUT2D eigenvalue weighted by molar-refractivity contribution is 6.11. The van der Waals surface area contributed by atoms with Gasteiger partial charge in [0.1, 0.15) is 5.71 Å². The molecule has 0 amide bonds. The molecule has 4 N–H and O–H groups in total. The van der Waals surface area contributed by atoms with Gasteiger partial charge in [0.25, 0.3) is 0 Å². The summed E-state index contributed by atoms with van der Waals surface area (Å²) in [5.41, 5.74) is 12.8. The topological polar surface area (TPSA) is 89.7 Å². The van der Waals surface area contributed by atoms with Gasteiger partial charge in [-0.15, -0.1) is 10.2 Å². The molecule has 0 fully saturated rings. The van der Waals surface area contributed by atoms with Gasteiger partial charge in [-0.3, -0.25) is 4.98 Å². The zero-order chi connectivity index (χ0) is 12.8. The smallest absolute Gasteiger partial charge is 0.211 e. The summed E-state index contributed by atoms with van der Waals surface area (Å²) in [6, 6.07) is 15.2. The van der Waals surface area contributed by atoms with Gasteiger partial charge < -0.3 is 11.5 Å². The number of nitrogens with two attached hydrogens (primary N) is 2. The lowest BCUT2D eigenvalue weighted by Gasteiger charge is -2.03. The first-order valence-corrected chi connectivity index (χ1v) is 5.41. The number of benzene rings is 1. The minimum atomic E-state index is -0.0839. The molecular weight excluding hydrogens is 226 g/mol. The molecule has 0 aliphatic heterocycles. The lowest BCUT2D eigenvalue weighted by molar-refractivity contribution is 1.18. The Balaban J connectivity index is 2.49. The van der Waals surface area contributed by atoms with Gasteiger partial charge >= 0.3 is 0 Å². The Morgan fingerprint density at radius 2 is 1.61 bits per heavy atom. The minimum Gasteiger partial charge on any atom is -0.369 e. The van der Waals surface area contributed by atoms with E-state index in [1.807, 2.05) is 48.5 Å². The largest absolute Gasteiger partial charge is 0.369 e. The highest BCUT2D eigenvalue weighted by atomic mass is 15.3. The molecule has 0 unspecified atom stereocenters. The molecule has 1 aromatic heterocycles. The number of rotatable bonds is 3. The van der Waals surface area contributed by atoms with Crippen molar-refractivity contribution >= 4 is 11.7 Å². The van der Waals surface area contributed by atoms with E-state index in [9.17, 15) is 0 Å². The molecule has 0 bridgehead atoms. The molecule has 90 valence electrons. The number of pyridine rings is 1. The summed E-state index contributed by atoms with van der Waals surface area (Å²) in [7, 11) is 0. The molecule has 0 atom stereocenters. The first kappa shape index (κ1) is 11.8. The van der Waals surface area contributed by atoms with Crippen molar-refractivity contribution in [3.05, 3.63) is 66.0 Å². The number of aromatic nitrogens is 1. The molecule has 2 aromatic rings. The second-order valence-electron chi connectivity index (χ2n) is 3.55. The fourth-order valence-corrected chi connectivity index (χ4v) is 1.46. The maximum Gasteiger partial charge on any atom is 0.211 e. The molecule has 18 heavy (non-hydrogen) atoms. The second-order valence-corrected chi connectivity index (χ2v) is 3.55. The van der Waals surface area contributed by atoms with E-state index in [0.29, 0.717) is 11.4 Å². The Labute approximate surface area is 105 Å². The SMILES string of the molecule is NC(N)=N/N=C(\c1ccccc1)c1ccccn1. The monoisotopic (exact) mass is 239 g/mol. The van der Waals surface area contributed by atoms with Gasteiger partial charge in [-0.25, -0.2) is 0 Å². The Hall–Kier alpha value is -2.69. The van der Waals surface area contributed by atoms with Gasteiger partial charge in [-0.2, -0.15) is 0 Å². The third kappa shape index (κ3) is 2.91. The van der Waals surface area contributed by atoms with E-state index in [1.54, 1.807) is 6.20 Å². The Bertz CT molecular complexity index is 515. The summed E-state index contributed by atoms with van der Waals surface area (Å²) in [4.78, 5) is 4.25. The lowest BCUT2D eigenvalue weighted by Crippen LogP contribution is -2.22. The molecule has 2 rings (SSSR count).